The standard InChI is InChI=1S/C10H9N3O3/c14-9(15)6-11-10(16)13-8-4-2-1-3-7(8)5-12-13/h1-5H,6H2,(H,11,16)(H,14,15). The molecule has 0 spiro atoms. The topological polar surface area (TPSA) is 84.2 Å². The molecule has 0 radical (unpaired) electrons. The lowest BCUT2D eigenvalue weighted by atomic mass is 10.3. The van der Waals surface area contributed by atoms with E-state index in [1.807, 2.05) is 12.1 Å². The number of aliphatic carboxylic acids is 1. The van der Waals surface area contributed by atoms with Gasteiger partial charge in [0.2, 0.25) is 0 Å². The number of hydrogen-bond donors (Lipinski definition) is 2. The summed E-state index contributed by atoms with van der Waals surface area (Å²) in [5, 5.41) is 15.4. The van der Waals surface area contributed by atoms with Crippen molar-refractivity contribution in [1.82, 2.24) is 15.1 Å². The quantitative estimate of drug-likeness (QED) is 0.777. The molecule has 1 heterocycles. The number of benzene rings is 1. The first-order valence-electron chi connectivity index (χ1n) is 4.61. The molecule has 2 rings (SSSR count). The highest BCUT2D eigenvalue weighted by molar-refractivity contribution is 5.90. The Morgan fingerprint density at radius 1 is 1.38 bits per heavy atom. The third-order valence-electron chi connectivity index (χ3n) is 2.06. The molecule has 0 fully saturated rings. The maximum Gasteiger partial charge on any atom is 0.343 e. The molecule has 0 bridgehead atoms. The van der Waals surface area contributed by atoms with Crippen LogP contribution in [0.3, 0.4) is 0 Å². The molecule has 0 atom stereocenters. The van der Waals surface area contributed by atoms with E-state index in [0.717, 1.165) is 10.1 Å². The van der Waals surface area contributed by atoms with Gasteiger partial charge in [0.15, 0.2) is 0 Å². The van der Waals surface area contributed by atoms with Gasteiger partial charge in [-0.3, -0.25) is 4.79 Å². The van der Waals surface area contributed by atoms with Gasteiger partial charge in [0.1, 0.15) is 6.54 Å². The molecule has 1 aromatic carbocycles. The Balaban J connectivity index is 2.26. The highest BCUT2D eigenvalue weighted by Crippen LogP contribution is 2.11. The lowest BCUT2D eigenvalue weighted by molar-refractivity contribution is -0.135. The van der Waals surface area contributed by atoms with Gasteiger partial charge >= 0.3 is 12.0 Å². The predicted octanol–water partition coefficient (Wildman–Crippen LogP) is 0.679. The molecule has 6 nitrogen and oxygen atoms in total. The second-order valence-electron chi connectivity index (χ2n) is 3.17. The van der Waals surface area contributed by atoms with Crippen molar-refractivity contribution in [2.45, 2.75) is 0 Å². The SMILES string of the molecule is O=C(O)CNC(=O)n1ncc2ccccc21. The largest absolute Gasteiger partial charge is 0.480 e. The maximum absolute atomic E-state index is 11.6. The second-order valence-corrected chi connectivity index (χ2v) is 3.17. The molecule has 0 aliphatic carbocycles. The van der Waals surface area contributed by atoms with Crippen molar-refractivity contribution in [3.05, 3.63) is 30.5 Å². The van der Waals surface area contributed by atoms with Gasteiger partial charge in [-0.2, -0.15) is 9.78 Å². The molecule has 2 aromatic rings. The van der Waals surface area contributed by atoms with Gasteiger partial charge in [-0.05, 0) is 6.07 Å². The highest BCUT2D eigenvalue weighted by Gasteiger charge is 2.10. The first-order chi connectivity index (χ1) is 7.68. The molecule has 1 aromatic heterocycles. The van der Waals surface area contributed by atoms with Gasteiger partial charge in [0.25, 0.3) is 0 Å². The number of hydrogen-bond acceptors (Lipinski definition) is 3. The number of carbonyl (C=O) groups excluding carboxylic acids is 1. The number of carbonyl (C=O) groups is 2. The molecule has 1 amide bonds. The fourth-order valence-electron chi connectivity index (χ4n) is 1.36. The number of aromatic nitrogens is 2. The van der Waals surface area contributed by atoms with Gasteiger partial charge in [0, 0.05) is 5.39 Å². The molecular formula is C10H9N3O3. The van der Waals surface area contributed by atoms with Crippen LogP contribution in [0.4, 0.5) is 4.79 Å². The van der Waals surface area contributed by atoms with Crippen molar-refractivity contribution in [2.24, 2.45) is 0 Å². The van der Waals surface area contributed by atoms with Crippen molar-refractivity contribution in [3.63, 3.8) is 0 Å². The van der Waals surface area contributed by atoms with E-state index in [4.69, 9.17) is 5.11 Å². The summed E-state index contributed by atoms with van der Waals surface area (Å²) in [7, 11) is 0. The number of nitrogens with one attached hydrogen (secondary N) is 1. The van der Waals surface area contributed by atoms with E-state index in [1.54, 1.807) is 18.3 Å². The van der Waals surface area contributed by atoms with Crippen molar-refractivity contribution in [1.29, 1.82) is 0 Å². The minimum atomic E-state index is -1.09. The summed E-state index contributed by atoms with van der Waals surface area (Å²) in [5.41, 5.74) is 0.644. The second kappa shape index (κ2) is 4.01. The average Bonchev–Trinajstić information content (AvgIpc) is 2.69. The summed E-state index contributed by atoms with van der Waals surface area (Å²) in [6, 6.07) is 6.63. The zero-order valence-electron chi connectivity index (χ0n) is 8.25. The van der Waals surface area contributed by atoms with E-state index in [9.17, 15) is 9.59 Å². The van der Waals surface area contributed by atoms with Gasteiger partial charge < -0.3 is 10.4 Å². The minimum absolute atomic E-state index is 0.424. The number of carboxylic acids is 1. The Bertz CT molecular complexity index is 547. The van der Waals surface area contributed by atoms with Crippen LogP contribution in [-0.2, 0) is 4.79 Å². The van der Waals surface area contributed by atoms with E-state index in [2.05, 4.69) is 10.4 Å². The molecule has 0 saturated heterocycles. The number of amides is 1. The Labute approximate surface area is 90.5 Å². The lowest BCUT2D eigenvalue weighted by Gasteiger charge is -2.02. The van der Waals surface area contributed by atoms with Crippen LogP contribution in [0.1, 0.15) is 0 Å². The van der Waals surface area contributed by atoms with Gasteiger partial charge in [-0.1, -0.05) is 18.2 Å². The van der Waals surface area contributed by atoms with Crippen molar-refractivity contribution in [3.8, 4) is 0 Å². The fraction of sp³-hybridized carbons (Fsp3) is 0.100. The molecule has 82 valence electrons. The number of para-hydroxylation sites is 1. The average molecular weight is 219 g/mol. The molecule has 0 unspecified atom stereocenters. The summed E-state index contributed by atoms with van der Waals surface area (Å²) >= 11 is 0. The van der Waals surface area contributed by atoms with Crippen molar-refractivity contribution < 1.29 is 14.7 Å². The zero-order valence-corrected chi connectivity index (χ0v) is 8.25. The van der Waals surface area contributed by atoms with Gasteiger partial charge in [0.05, 0.1) is 11.7 Å². The third kappa shape index (κ3) is 1.85. The van der Waals surface area contributed by atoms with E-state index in [0.29, 0.717) is 5.52 Å². The Morgan fingerprint density at radius 3 is 2.88 bits per heavy atom. The van der Waals surface area contributed by atoms with Gasteiger partial charge in [-0.25, -0.2) is 4.79 Å². The number of rotatable bonds is 2. The number of nitrogens with zero attached hydrogens (tertiary/aromatic N) is 2. The van der Waals surface area contributed by atoms with Crippen LogP contribution in [-0.4, -0.2) is 33.4 Å². The Kier molecular flexibility index (Phi) is 2.55. The maximum atomic E-state index is 11.6. The zero-order chi connectivity index (χ0) is 11.5. The van der Waals surface area contributed by atoms with Crippen LogP contribution >= 0.6 is 0 Å². The molecule has 0 saturated carbocycles. The van der Waals surface area contributed by atoms with E-state index < -0.39 is 18.5 Å². The van der Waals surface area contributed by atoms with Crippen LogP contribution < -0.4 is 5.32 Å². The fourth-order valence-corrected chi connectivity index (χ4v) is 1.36. The highest BCUT2D eigenvalue weighted by atomic mass is 16.4. The lowest BCUT2D eigenvalue weighted by Crippen LogP contribution is -2.33. The van der Waals surface area contributed by atoms with Crippen molar-refractivity contribution in [2.75, 3.05) is 6.54 Å². The van der Waals surface area contributed by atoms with Crippen LogP contribution in [0.15, 0.2) is 30.5 Å². The van der Waals surface area contributed by atoms with Crippen LogP contribution in [0.5, 0.6) is 0 Å². The first kappa shape index (κ1) is 10.2. The molecule has 16 heavy (non-hydrogen) atoms. The number of carboxylic acid groups (broad SMARTS) is 1. The summed E-state index contributed by atoms with van der Waals surface area (Å²) in [4.78, 5) is 21.8. The number of fused-ring (bicyclic) bond motifs is 1. The summed E-state index contributed by atoms with van der Waals surface area (Å²) in [6.45, 7) is -0.424. The summed E-state index contributed by atoms with van der Waals surface area (Å²) in [5.74, 6) is -1.09. The summed E-state index contributed by atoms with van der Waals surface area (Å²) in [6.07, 6.45) is 1.55. The predicted molar refractivity (Wildman–Crippen MR) is 56.2 cm³/mol. The van der Waals surface area contributed by atoms with E-state index in [-0.39, 0.29) is 0 Å². The van der Waals surface area contributed by atoms with Crippen molar-refractivity contribution >= 4 is 22.9 Å². The van der Waals surface area contributed by atoms with Crippen LogP contribution in [0, 0.1) is 0 Å². The smallest absolute Gasteiger partial charge is 0.343 e. The minimum Gasteiger partial charge on any atom is -0.480 e. The molecule has 0 aliphatic heterocycles. The third-order valence-corrected chi connectivity index (χ3v) is 2.06. The molecular weight excluding hydrogens is 210 g/mol. The van der Waals surface area contributed by atoms with Gasteiger partial charge in [-0.15, -0.1) is 0 Å². The molecule has 6 heteroatoms. The van der Waals surface area contributed by atoms with E-state index in [1.165, 1.54) is 0 Å². The summed E-state index contributed by atoms with van der Waals surface area (Å²) < 4.78 is 1.14. The van der Waals surface area contributed by atoms with E-state index >= 15 is 0 Å². The first-order valence-corrected chi connectivity index (χ1v) is 4.61. The Morgan fingerprint density at radius 2 is 2.12 bits per heavy atom. The molecule has 2 N–H and O–H groups in total. The van der Waals surface area contributed by atoms with Crippen LogP contribution in [0.2, 0.25) is 0 Å². The molecule has 0 aliphatic rings. The monoisotopic (exact) mass is 219 g/mol. The normalized spacial score (nSPS) is 10.2. The Hall–Kier alpha value is -2.37. The van der Waals surface area contributed by atoms with Crippen LogP contribution in [0.25, 0.3) is 10.9 Å².